The summed E-state index contributed by atoms with van der Waals surface area (Å²) in [7, 11) is 0. The van der Waals surface area contributed by atoms with Gasteiger partial charge in [-0.05, 0) is 31.7 Å². The standard InChI is InChI=1S/C18H19N3OS/c1-12-4-2-3-5-15(12)18-20-11-16(23-18)17-19-8-9-21(17)13-6-7-14(22)10-13/h2-5,8-9,11,13-14,22H,6-7,10H2,1H3/t13-,14+/m1/s1. The lowest BCUT2D eigenvalue weighted by Gasteiger charge is -2.13. The molecule has 2 aromatic heterocycles. The molecule has 2 heterocycles. The molecule has 5 heteroatoms. The van der Waals surface area contributed by atoms with E-state index in [4.69, 9.17) is 0 Å². The molecule has 0 saturated heterocycles. The van der Waals surface area contributed by atoms with Gasteiger partial charge in [0.25, 0.3) is 0 Å². The fourth-order valence-electron chi connectivity index (χ4n) is 3.30. The normalized spacial score (nSPS) is 21.0. The van der Waals surface area contributed by atoms with Crippen LogP contribution in [-0.2, 0) is 0 Å². The van der Waals surface area contributed by atoms with Gasteiger partial charge in [-0.1, -0.05) is 24.3 Å². The van der Waals surface area contributed by atoms with Crippen LogP contribution in [0.15, 0.2) is 42.9 Å². The molecule has 118 valence electrons. The number of hydrogen-bond donors (Lipinski definition) is 1. The van der Waals surface area contributed by atoms with E-state index in [-0.39, 0.29) is 6.10 Å². The van der Waals surface area contributed by atoms with E-state index >= 15 is 0 Å². The van der Waals surface area contributed by atoms with Gasteiger partial charge in [0, 0.05) is 30.2 Å². The molecule has 2 atom stereocenters. The number of aromatic nitrogens is 3. The Morgan fingerprint density at radius 2 is 2.09 bits per heavy atom. The molecular weight excluding hydrogens is 306 g/mol. The SMILES string of the molecule is Cc1ccccc1-c1ncc(-c2nccn2[C@@H]2CC[C@H](O)C2)s1. The summed E-state index contributed by atoms with van der Waals surface area (Å²) >= 11 is 1.67. The van der Waals surface area contributed by atoms with E-state index in [0.29, 0.717) is 6.04 Å². The highest BCUT2D eigenvalue weighted by molar-refractivity contribution is 7.18. The van der Waals surface area contributed by atoms with Crippen LogP contribution >= 0.6 is 11.3 Å². The predicted molar refractivity (Wildman–Crippen MR) is 92.4 cm³/mol. The molecule has 4 nitrogen and oxygen atoms in total. The van der Waals surface area contributed by atoms with Gasteiger partial charge >= 0.3 is 0 Å². The molecule has 1 fully saturated rings. The van der Waals surface area contributed by atoms with Crippen LogP contribution in [0.5, 0.6) is 0 Å². The van der Waals surface area contributed by atoms with E-state index in [1.807, 2.05) is 30.7 Å². The van der Waals surface area contributed by atoms with Crippen molar-refractivity contribution in [3.05, 3.63) is 48.4 Å². The maximum absolute atomic E-state index is 9.80. The second-order valence-electron chi connectivity index (χ2n) is 6.12. The quantitative estimate of drug-likeness (QED) is 0.790. The highest BCUT2D eigenvalue weighted by Crippen LogP contribution is 2.37. The summed E-state index contributed by atoms with van der Waals surface area (Å²) < 4.78 is 2.20. The Balaban J connectivity index is 1.68. The number of hydrogen-bond acceptors (Lipinski definition) is 4. The van der Waals surface area contributed by atoms with Crippen molar-refractivity contribution >= 4 is 11.3 Å². The van der Waals surface area contributed by atoms with Gasteiger partial charge in [-0.2, -0.15) is 0 Å². The zero-order chi connectivity index (χ0) is 15.8. The van der Waals surface area contributed by atoms with Crippen molar-refractivity contribution in [3.63, 3.8) is 0 Å². The third kappa shape index (κ3) is 2.71. The first-order chi connectivity index (χ1) is 11.2. The van der Waals surface area contributed by atoms with Gasteiger partial charge in [0.2, 0.25) is 0 Å². The molecule has 1 N–H and O–H groups in total. The van der Waals surface area contributed by atoms with Crippen LogP contribution in [0, 0.1) is 6.92 Å². The maximum Gasteiger partial charge on any atom is 0.151 e. The topological polar surface area (TPSA) is 50.9 Å². The van der Waals surface area contributed by atoms with Crippen LogP contribution in [0.3, 0.4) is 0 Å². The third-order valence-corrected chi connectivity index (χ3v) is 5.57. The lowest BCUT2D eigenvalue weighted by atomic mass is 10.1. The smallest absolute Gasteiger partial charge is 0.151 e. The summed E-state index contributed by atoms with van der Waals surface area (Å²) in [5.41, 5.74) is 2.41. The van der Waals surface area contributed by atoms with E-state index < -0.39 is 0 Å². The van der Waals surface area contributed by atoms with Crippen LogP contribution in [0.1, 0.15) is 30.9 Å². The summed E-state index contributed by atoms with van der Waals surface area (Å²) in [4.78, 5) is 10.2. The number of aryl methyl sites for hydroxylation is 1. The minimum Gasteiger partial charge on any atom is -0.393 e. The van der Waals surface area contributed by atoms with Crippen molar-refractivity contribution < 1.29 is 5.11 Å². The summed E-state index contributed by atoms with van der Waals surface area (Å²) in [6, 6.07) is 8.65. The van der Waals surface area contributed by atoms with E-state index in [1.54, 1.807) is 11.3 Å². The number of rotatable bonds is 3. The van der Waals surface area contributed by atoms with E-state index in [9.17, 15) is 5.11 Å². The Morgan fingerprint density at radius 3 is 2.87 bits per heavy atom. The molecule has 1 aliphatic carbocycles. The Labute approximate surface area is 139 Å². The zero-order valence-electron chi connectivity index (χ0n) is 13.0. The molecule has 0 bridgehead atoms. The lowest BCUT2D eigenvalue weighted by molar-refractivity contribution is 0.178. The molecular formula is C18H19N3OS. The molecule has 0 amide bonds. The van der Waals surface area contributed by atoms with Crippen molar-refractivity contribution in [1.29, 1.82) is 0 Å². The number of imidazole rings is 1. The Hall–Kier alpha value is -1.98. The van der Waals surface area contributed by atoms with Crippen molar-refractivity contribution in [2.75, 3.05) is 0 Å². The van der Waals surface area contributed by atoms with Crippen LogP contribution in [-0.4, -0.2) is 25.7 Å². The Morgan fingerprint density at radius 1 is 1.22 bits per heavy atom. The van der Waals surface area contributed by atoms with Gasteiger partial charge in [0.05, 0.1) is 11.0 Å². The minimum absolute atomic E-state index is 0.181. The summed E-state index contributed by atoms with van der Waals surface area (Å²) in [5, 5.41) is 10.8. The summed E-state index contributed by atoms with van der Waals surface area (Å²) in [6.45, 7) is 2.11. The fourth-order valence-corrected chi connectivity index (χ4v) is 4.31. The highest BCUT2D eigenvalue weighted by atomic mass is 32.1. The first kappa shape index (κ1) is 14.6. The number of nitrogens with zero attached hydrogens (tertiary/aromatic N) is 3. The monoisotopic (exact) mass is 325 g/mol. The van der Waals surface area contributed by atoms with Gasteiger partial charge in [-0.15, -0.1) is 11.3 Å². The van der Waals surface area contributed by atoms with Crippen LogP contribution in [0.4, 0.5) is 0 Å². The Kier molecular flexibility index (Phi) is 3.75. The van der Waals surface area contributed by atoms with Gasteiger partial charge in [0.15, 0.2) is 5.82 Å². The van der Waals surface area contributed by atoms with Gasteiger partial charge in [-0.3, -0.25) is 0 Å². The van der Waals surface area contributed by atoms with Crippen molar-refractivity contribution in [1.82, 2.24) is 14.5 Å². The fraction of sp³-hybridized carbons (Fsp3) is 0.333. The molecule has 1 aromatic carbocycles. The molecule has 3 aromatic rings. The lowest BCUT2D eigenvalue weighted by Crippen LogP contribution is -2.07. The summed E-state index contributed by atoms with van der Waals surface area (Å²) in [5.74, 6) is 0.960. The van der Waals surface area contributed by atoms with Crippen LogP contribution in [0.2, 0.25) is 0 Å². The maximum atomic E-state index is 9.80. The number of aliphatic hydroxyl groups is 1. The molecule has 0 unspecified atom stereocenters. The molecule has 1 saturated carbocycles. The van der Waals surface area contributed by atoms with E-state index in [0.717, 1.165) is 35.0 Å². The van der Waals surface area contributed by atoms with E-state index in [2.05, 4.69) is 33.6 Å². The number of thiazole rings is 1. The molecule has 0 aliphatic heterocycles. The van der Waals surface area contributed by atoms with Gasteiger partial charge in [0.1, 0.15) is 5.01 Å². The first-order valence-electron chi connectivity index (χ1n) is 7.95. The molecule has 0 radical (unpaired) electrons. The highest BCUT2D eigenvalue weighted by Gasteiger charge is 2.26. The second kappa shape index (κ2) is 5.91. The molecule has 0 spiro atoms. The Bertz CT molecular complexity index is 823. The second-order valence-corrected chi connectivity index (χ2v) is 7.15. The first-order valence-corrected chi connectivity index (χ1v) is 8.77. The third-order valence-electron chi connectivity index (χ3n) is 4.54. The van der Waals surface area contributed by atoms with Crippen molar-refractivity contribution in [2.45, 2.75) is 38.3 Å². The molecule has 1 aliphatic rings. The number of aliphatic hydroxyl groups excluding tert-OH is 1. The molecule has 4 rings (SSSR count). The largest absolute Gasteiger partial charge is 0.393 e. The van der Waals surface area contributed by atoms with Gasteiger partial charge < -0.3 is 9.67 Å². The average molecular weight is 325 g/mol. The predicted octanol–water partition coefficient (Wildman–Crippen LogP) is 4.07. The minimum atomic E-state index is -0.181. The molecule has 23 heavy (non-hydrogen) atoms. The van der Waals surface area contributed by atoms with E-state index in [1.165, 1.54) is 11.1 Å². The summed E-state index contributed by atoms with van der Waals surface area (Å²) in [6.07, 6.45) is 8.29. The van der Waals surface area contributed by atoms with Crippen molar-refractivity contribution in [3.8, 4) is 21.3 Å². The van der Waals surface area contributed by atoms with Gasteiger partial charge in [-0.25, -0.2) is 9.97 Å². The van der Waals surface area contributed by atoms with Crippen LogP contribution < -0.4 is 0 Å². The zero-order valence-corrected chi connectivity index (χ0v) is 13.8. The average Bonchev–Trinajstić information content (AvgIpc) is 3.26. The van der Waals surface area contributed by atoms with Crippen molar-refractivity contribution in [2.24, 2.45) is 0 Å². The van der Waals surface area contributed by atoms with Crippen LogP contribution in [0.25, 0.3) is 21.3 Å². The number of benzene rings is 1.